The second-order valence-corrected chi connectivity index (χ2v) is 6.00. The highest BCUT2D eigenvalue weighted by Gasteiger charge is 2.11. The van der Waals surface area contributed by atoms with Crippen molar-refractivity contribution in [3.05, 3.63) is 29.0 Å². The van der Waals surface area contributed by atoms with E-state index in [-0.39, 0.29) is 5.91 Å². The van der Waals surface area contributed by atoms with Crippen molar-refractivity contribution < 1.29 is 14.3 Å². The summed E-state index contributed by atoms with van der Waals surface area (Å²) in [6, 6.07) is 7.65. The van der Waals surface area contributed by atoms with Gasteiger partial charge in [-0.2, -0.15) is 5.10 Å². The third-order valence-electron chi connectivity index (χ3n) is 3.74. The molecule has 0 bridgehead atoms. The fraction of sp³-hybridized carbons (Fsp3) is 0.500. The van der Waals surface area contributed by atoms with Gasteiger partial charge in [-0.05, 0) is 56.8 Å². The van der Waals surface area contributed by atoms with Gasteiger partial charge in [0.15, 0.2) is 10.6 Å². The van der Waals surface area contributed by atoms with Gasteiger partial charge in [-0.1, -0.05) is 0 Å². The summed E-state index contributed by atoms with van der Waals surface area (Å²) in [5, 5.41) is 9.98. The van der Waals surface area contributed by atoms with E-state index in [4.69, 9.17) is 21.7 Å². The van der Waals surface area contributed by atoms with Crippen LogP contribution < -0.4 is 10.1 Å². The molecule has 0 saturated heterocycles. The van der Waals surface area contributed by atoms with Crippen molar-refractivity contribution in [3.63, 3.8) is 0 Å². The summed E-state index contributed by atoms with van der Waals surface area (Å²) >= 11 is 5.30. The Morgan fingerprint density at radius 2 is 2.04 bits per heavy atom. The third-order valence-corrected chi connectivity index (χ3v) is 4.05. The molecular weight excluding hydrogens is 352 g/mol. The fourth-order valence-electron chi connectivity index (χ4n) is 2.46. The van der Waals surface area contributed by atoms with Gasteiger partial charge >= 0.3 is 0 Å². The largest absolute Gasteiger partial charge is 0.494 e. The molecule has 8 heteroatoms. The summed E-state index contributed by atoms with van der Waals surface area (Å²) < 4.78 is 13.0. The van der Waals surface area contributed by atoms with Crippen LogP contribution in [-0.2, 0) is 16.1 Å². The molecule has 1 aromatic heterocycles. The molecule has 7 nitrogen and oxygen atoms in total. The van der Waals surface area contributed by atoms with E-state index in [2.05, 4.69) is 15.5 Å². The minimum atomic E-state index is -0.0118. The first-order valence-corrected chi connectivity index (χ1v) is 9.29. The van der Waals surface area contributed by atoms with Crippen LogP contribution in [0.25, 0.3) is 11.4 Å². The van der Waals surface area contributed by atoms with E-state index in [1.807, 2.05) is 42.7 Å². The van der Waals surface area contributed by atoms with Gasteiger partial charge in [0, 0.05) is 38.3 Å². The SMILES string of the molecule is CCOCCCNC(=O)CCn1c(-c2ccc(OCC)cc2)n[nH]c1=S. The van der Waals surface area contributed by atoms with Crippen LogP contribution in [0, 0.1) is 4.77 Å². The molecule has 0 radical (unpaired) electrons. The highest BCUT2D eigenvalue weighted by Crippen LogP contribution is 2.21. The zero-order chi connectivity index (χ0) is 18.8. The molecule has 1 heterocycles. The lowest BCUT2D eigenvalue weighted by atomic mass is 10.2. The Morgan fingerprint density at radius 1 is 1.27 bits per heavy atom. The summed E-state index contributed by atoms with van der Waals surface area (Å²) in [5.74, 6) is 1.51. The van der Waals surface area contributed by atoms with Gasteiger partial charge in [0.25, 0.3) is 0 Å². The van der Waals surface area contributed by atoms with E-state index < -0.39 is 0 Å². The maximum absolute atomic E-state index is 12.0. The minimum Gasteiger partial charge on any atom is -0.494 e. The molecule has 142 valence electrons. The Hall–Kier alpha value is -2.19. The monoisotopic (exact) mass is 378 g/mol. The number of nitrogens with one attached hydrogen (secondary N) is 2. The maximum atomic E-state index is 12.0. The lowest BCUT2D eigenvalue weighted by molar-refractivity contribution is -0.121. The molecule has 0 saturated carbocycles. The van der Waals surface area contributed by atoms with E-state index in [1.54, 1.807) is 0 Å². The minimum absolute atomic E-state index is 0.0118. The number of amides is 1. The Balaban J connectivity index is 1.93. The van der Waals surface area contributed by atoms with Gasteiger partial charge < -0.3 is 14.8 Å². The zero-order valence-corrected chi connectivity index (χ0v) is 16.1. The van der Waals surface area contributed by atoms with Gasteiger partial charge in [0.05, 0.1) is 6.61 Å². The number of carbonyl (C=O) groups excluding carboxylic acids is 1. The van der Waals surface area contributed by atoms with Gasteiger partial charge in [-0.3, -0.25) is 14.5 Å². The van der Waals surface area contributed by atoms with Crippen LogP contribution in [0.1, 0.15) is 26.7 Å². The number of ether oxygens (including phenoxy) is 2. The Morgan fingerprint density at radius 3 is 2.73 bits per heavy atom. The number of hydrogen-bond acceptors (Lipinski definition) is 5. The normalized spacial score (nSPS) is 10.7. The summed E-state index contributed by atoms with van der Waals surface area (Å²) in [4.78, 5) is 12.0. The second-order valence-electron chi connectivity index (χ2n) is 5.61. The van der Waals surface area contributed by atoms with Crippen molar-refractivity contribution in [2.75, 3.05) is 26.4 Å². The highest BCUT2D eigenvalue weighted by atomic mass is 32.1. The molecule has 2 N–H and O–H groups in total. The molecule has 0 aliphatic heterocycles. The number of H-pyrrole nitrogens is 1. The van der Waals surface area contributed by atoms with Crippen molar-refractivity contribution in [1.82, 2.24) is 20.1 Å². The number of nitrogens with zero attached hydrogens (tertiary/aromatic N) is 2. The first-order chi connectivity index (χ1) is 12.7. The predicted octanol–water partition coefficient (Wildman–Crippen LogP) is 2.94. The molecule has 26 heavy (non-hydrogen) atoms. The first kappa shape index (κ1) is 20.1. The first-order valence-electron chi connectivity index (χ1n) is 8.88. The standard InChI is InChI=1S/C18H26N4O3S/c1-3-24-13-5-11-19-16(23)10-12-22-17(20-21-18(22)26)14-6-8-15(9-7-14)25-4-2/h6-9H,3-5,10-13H2,1-2H3,(H,19,23)(H,21,26). The number of benzene rings is 1. The molecular formula is C18H26N4O3S. The van der Waals surface area contributed by atoms with E-state index >= 15 is 0 Å². The van der Waals surface area contributed by atoms with E-state index in [0.29, 0.717) is 49.9 Å². The van der Waals surface area contributed by atoms with Crippen molar-refractivity contribution in [2.45, 2.75) is 33.2 Å². The molecule has 0 spiro atoms. The van der Waals surface area contributed by atoms with E-state index in [1.165, 1.54) is 0 Å². The smallest absolute Gasteiger partial charge is 0.221 e. The van der Waals surface area contributed by atoms with Crippen LogP contribution in [0.3, 0.4) is 0 Å². The Bertz CT molecular complexity index is 740. The average Bonchev–Trinajstić information content (AvgIpc) is 3.01. The lowest BCUT2D eigenvalue weighted by Crippen LogP contribution is -2.26. The number of carbonyl (C=O) groups is 1. The van der Waals surface area contributed by atoms with Crippen molar-refractivity contribution in [2.24, 2.45) is 0 Å². The second kappa shape index (κ2) is 10.7. The van der Waals surface area contributed by atoms with Crippen molar-refractivity contribution in [3.8, 4) is 17.1 Å². The number of rotatable bonds is 11. The molecule has 2 rings (SSSR count). The van der Waals surface area contributed by atoms with Crippen molar-refractivity contribution in [1.29, 1.82) is 0 Å². The van der Waals surface area contributed by atoms with Crippen LogP contribution in [0.4, 0.5) is 0 Å². The molecule has 1 amide bonds. The molecule has 0 unspecified atom stereocenters. The summed E-state index contributed by atoms with van der Waals surface area (Å²) in [5.41, 5.74) is 0.915. The highest BCUT2D eigenvalue weighted by molar-refractivity contribution is 7.71. The van der Waals surface area contributed by atoms with Gasteiger partial charge in [0.2, 0.25) is 5.91 Å². The summed E-state index contributed by atoms with van der Waals surface area (Å²) in [7, 11) is 0. The van der Waals surface area contributed by atoms with Crippen LogP contribution in [0.5, 0.6) is 5.75 Å². The zero-order valence-electron chi connectivity index (χ0n) is 15.3. The fourth-order valence-corrected chi connectivity index (χ4v) is 2.68. The van der Waals surface area contributed by atoms with Gasteiger partial charge in [-0.25, -0.2) is 0 Å². The van der Waals surface area contributed by atoms with E-state index in [9.17, 15) is 4.79 Å². The van der Waals surface area contributed by atoms with Crippen LogP contribution in [0.2, 0.25) is 0 Å². The van der Waals surface area contributed by atoms with Gasteiger partial charge in [0.1, 0.15) is 5.75 Å². The van der Waals surface area contributed by atoms with Crippen molar-refractivity contribution >= 4 is 18.1 Å². The number of hydrogen-bond donors (Lipinski definition) is 2. The third kappa shape index (κ3) is 5.96. The topological polar surface area (TPSA) is 81.2 Å². The molecule has 0 aliphatic rings. The summed E-state index contributed by atoms with van der Waals surface area (Å²) in [6.45, 7) is 6.96. The number of aromatic amines is 1. The summed E-state index contributed by atoms with van der Waals surface area (Å²) in [6.07, 6.45) is 1.15. The maximum Gasteiger partial charge on any atom is 0.221 e. The molecule has 1 aromatic carbocycles. The average molecular weight is 378 g/mol. The Labute approximate surface area is 158 Å². The molecule has 0 atom stereocenters. The molecule has 0 fully saturated rings. The predicted molar refractivity (Wildman–Crippen MR) is 103 cm³/mol. The van der Waals surface area contributed by atoms with Crippen LogP contribution >= 0.6 is 12.2 Å². The molecule has 2 aromatic rings. The Kier molecular flexibility index (Phi) is 8.30. The van der Waals surface area contributed by atoms with Crippen LogP contribution in [-0.4, -0.2) is 47.0 Å². The quantitative estimate of drug-likeness (QED) is 0.464. The molecule has 0 aliphatic carbocycles. The van der Waals surface area contributed by atoms with Gasteiger partial charge in [-0.15, -0.1) is 0 Å². The van der Waals surface area contributed by atoms with Crippen LogP contribution in [0.15, 0.2) is 24.3 Å². The number of aromatic nitrogens is 3. The van der Waals surface area contributed by atoms with E-state index in [0.717, 1.165) is 17.7 Å². The lowest BCUT2D eigenvalue weighted by Gasteiger charge is -2.09.